The first kappa shape index (κ1) is 60.3. The zero-order valence-electron chi connectivity index (χ0n) is 42.2. The number of carbonyl (C=O) groups excluding carboxylic acids is 4. The number of carbonyl (C=O) groups is 4. The average Bonchev–Trinajstić information content (AvgIpc) is 3.26. The maximum Gasteiger partial charge on any atom is 0.408 e. The van der Waals surface area contributed by atoms with E-state index in [1.54, 1.807) is 25.7 Å². The number of nitrogens with zero attached hydrogens (tertiary/aromatic N) is 1. The van der Waals surface area contributed by atoms with Gasteiger partial charge < -0.3 is 45.6 Å². The third-order valence-corrected chi connectivity index (χ3v) is 12.3. The van der Waals surface area contributed by atoms with Gasteiger partial charge >= 0.3 is 6.09 Å². The Morgan fingerprint density at radius 1 is 0.662 bits per heavy atom. The highest BCUT2D eigenvalue weighted by atomic mass is 16.6. The van der Waals surface area contributed by atoms with Crippen molar-refractivity contribution in [2.75, 3.05) is 19.7 Å². The van der Waals surface area contributed by atoms with Crippen LogP contribution in [0.25, 0.3) is 0 Å². The van der Waals surface area contributed by atoms with E-state index in [-0.39, 0.29) is 12.3 Å². The minimum Gasteiger partial charge on any atom is -0.444 e. The molecule has 1 fully saturated rings. The van der Waals surface area contributed by atoms with Crippen LogP contribution in [-0.4, -0.2) is 106 Å². The molecule has 0 radical (unpaired) electrons. The molecule has 1 heterocycles. The van der Waals surface area contributed by atoms with Crippen LogP contribution in [0.3, 0.4) is 0 Å². The molecule has 1 aliphatic rings. The summed E-state index contributed by atoms with van der Waals surface area (Å²) in [6.07, 6.45) is 33.0. The van der Waals surface area contributed by atoms with Crippen molar-refractivity contribution >= 4 is 23.8 Å². The van der Waals surface area contributed by atoms with Gasteiger partial charge in [-0.25, -0.2) is 4.79 Å². The van der Waals surface area contributed by atoms with Crippen LogP contribution in [0.1, 0.15) is 234 Å². The fraction of sp³-hybridized carbons (Fsp3) is 0.885. The third-order valence-electron chi connectivity index (χ3n) is 12.3. The lowest BCUT2D eigenvalue weighted by Gasteiger charge is -2.47. The Labute approximate surface area is 395 Å². The van der Waals surface area contributed by atoms with Crippen molar-refractivity contribution in [3.8, 4) is 0 Å². The number of amides is 4. The molecule has 0 aliphatic carbocycles. The first-order valence-corrected chi connectivity index (χ1v) is 26.4. The van der Waals surface area contributed by atoms with Crippen LogP contribution in [-0.2, 0) is 23.9 Å². The Bertz CT molecular complexity index is 1260. The standard InChI is InChI=1S/C52H98N4O9/c1-7-9-11-13-15-17-19-21-23-25-27-29-31-33-35-37-39-56(45(59)38-36-34-32-30-28-26-24-22-20-18-16-14-12-10-8-2)50-46(48(61)47(60)43(41-57)64-50)55-49(62)42(3)54-44(58)40-53-51(63)65-52(4,5)6/h22,24,42-43,46-48,50,57,60-61H,7-21,23,25-41H2,1-6H3,(H,53,63)(H,54,58)(H,55,62)/b24-22-/t42-,43+,46+,47+,48+,50+/m0/s1. The summed E-state index contributed by atoms with van der Waals surface area (Å²) in [6.45, 7) is 10.3. The number of hydrogen-bond acceptors (Lipinski definition) is 9. The second-order valence-electron chi connectivity index (χ2n) is 19.6. The van der Waals surface area contributed by atoms with Crippen LogP contribution in [0.15, 0.2) is 12.2 Å². The molecule has 0 aromatic rings. The molecule has 0 spiro atoms. The van der Waals surface area contributed by atoms with Crippen LogP contribution < -0.4 is 16.0 Å². The number of unbranched alkanes of at least 4 members (excludes halogenated alkanes) is 26. The van der Waals surface area contributed by atoms with Crippen molar-refractivity contribution in [1.29, 1.82) is 0 Å². The number of allylic oxidation sites excluding steroid dienone is 2. The monoisotopic (exact) mass is 923 g/mol. The van der Waals surface area contributed by atoms with E-state index in [9.17, 15) is 34.5 Å². The van der Waals surface area contributed by atoms with E-state index in [0.717, 1.165) is 57.8 Å². The van der Waals surface area contributed by atoms with E-state index >= 15 is 0 Å². The Hall–Kier alpha value is -2.74. The van der Waals surface area contributed by atoms with E-state index in [4.69, 9.17) is 9.47 Å². The highest BCUT2D eigenvalue weighted by Gasteiger charge is 2.48. The maximum atomic E-state index is 14.1. The Morgan fingerprint density at radius 3 is 1.57 bits per heavy atom. The highest BCUT2D eigenvalue weighted by Crippen LogP contribution is 2.26. The first-order chi connectivity index (χ1) is 31.2. The summed E-state index contributed by atoms with van der Waals surface area (Å²) in [5, 5.41) is 40.0. The molecule has 1 aliphatic heterocycles. The molecule has 0 aromatic carbocycles. The van der Waals surface area contributed by atoms with Crippen molar-refractivity contribution in [2.24, 2.45) is 0 Å². The third kappa shape index (κ3) is 30.3. The molecular weight excluding hydrogens is 825 g/mol. The Balaban J connectivity index is 2.83. The smallest absolute Gasteiger partial charge is 0.408 e. The summed E-state index contributed by atoms with van der Waals surface area (Å²) in [5.41, 5.74) is -0.752. The molecular formula is C52H98N4O9. The van der Waals surface area contributed by atoms with Crippen LogP contribution in [0.4, 0.5) is 4.79 Å². The van der Waals surface area contributed by atoms with E-state index in [0.29, 0.717) is 19.4 Å². The van der Waals surface area contributed by atoms with Crippen molar-refractivity contribution in [2.45, 2.75) is 276 Å². The second-order valence-corrected chi connectivity index (χ2v) is 19.6. The molecule has 1 rings (SSSR count). The highest BCUT2D eigenvalue weighted by molar-refractivity contribution is 5.89. The van der Waals surface area contributed by atoms with Gasteiger partial charge in [-0.1, -0.05) is 174 Å². The molecule has 1 saturated heterocycles. The first-order valence-electron chi connectivity index (χ1n) is 26.4. The van der Waals surface area contributed by atoms with Crippen molar-refractivity contribution < 1.29 is 44.0 Å². The zero-order valence-corrected chi connectivity index (χ0v) is 42.2. The van der Waals surface area contributed by atoms with Gasteiger partial charge in [0.05, 0.1) is 6.61 Å². The van der Waals surface area contributed by atoms with Crippen LogP contribution in [0.2, 0.25) is 0 Å². The summed E-state index contributed by atoms with van der Waals surface area (Å²) >= 11 is 0. The summed E-state index contributed by atoms with van der Waals surface area (Å²) in [6, 6.07) is -2.36. The Morgan fingerprint density at radius 2 is 1.11 bits per heavy atom. The quantitative estimate of drug-likeness (QED) is 0.0258. The summed E-state index contributed by atoms with van der Waals surface area (Å²) in [7, 11) is 0. The van der Waals surface area contributed by atoms with E-state index in [2.05, 4.69) is 41.9 Å². The van der Waals surface area contributed by atoms with Crippen molar-refractivity contribution in [3.63, 3.8) is 0 Å². The summed E-state index contributed by atoms with van der Waals surface area (Å²) < 4.78 is 11.3. The van der Waals surface area contributed by atoms with Crippen LogP contribution in [0.5, 0.6) is 0 Å². The fourth-order valence-corrected chi connectivity index (χ4v) is 8.35. The van der Waals surface area contributed by atoms with Gasteiger partial charge in [-0.2, -0.15) is 0 Å². The molecule has 0 unspecified atom stereocenters. The van der Waals surface area contributed by atoms with Crippen molar-refractivity contribution in [1.82, 2.24) is 20.9 Å². The lowest BCUT2D eigenvalue weighted by Crippen LogP contribution is -2.69. The second kappa shape index (κ2) is 38.3. The van der Waals surface area contributed by atoms with E-state index in [1.165, 1.54) is 122 Å². The number of rotatable bonds is 39. The molecule has 13 nitrogen and oxygen atoms in total. The number of aliphatic hydroxyl groups is 3. The molecule has 0 saturated carbocycles. The number of alkyl carbamates (subject to hydrolysis) is 1. The summed E-state index contributed by atoms with van der Waals surface area (Å²) in [4.78, 5) is 53.8. The molecule has 0 aromatic heterocycles. The van der Waals surface area contributed by atoms with Gasteiger partial charge in [-0.15, -0.1) is 0 Å². The average molecular weight is 923 g/mol. The molecule has 6 N–H and O–H groups in total. The van der Waals surface area contributed by atoms with E-state index < -0.39 is 73.3 Å². The number of nitrogens with one attached hydrogen (secondary N) is 3. The number of ether oxygens (including phenoxy) is 2. The number of hydrogen-bond donors (Lipinski definition) is 6. The van der Waals surface area contributed by atoms with Gasteiger partial charge in [0.1, 0.15) is 42.5 Å². The minimum atomic E-state index is -1.58. The predicted octanol–water partition coefficient (Wildman–Crippen LogP) is 10.1. The number of aliphatic hydroxyl groups excluding tert-OH is 3. The van der Waals surface area contributed by atoms with Gasteiger partial charge in [-0.05, 0) is 66.2 Å². The molecule has 6 atom stereocenters. The molecule has 13 heteroatoms. The van der Waals surface area contributed by atoms with Gasteiger partial charge in [-0.3, -0.25) is 14.4 Å². The van der Waals surface area contributed by atoms with Gasteiger partial charge in [0.2, 0.25) is 17.7 Å². The summed E-state index contributed by atoms with van der Waals surface area (Å²) in [5.74, 6) is -1.51. The topological polar surface area (TPSA) is 187 Å². The van der Waals surface area contributed by atoms with Gasteiger partial charge in [0.15, 0.2) is 6.23 Å². The minimum absolute atomic E-state index is 0.178. The lowest BCUT2D eigenvalue weighted by atomic mass is 9.94. The predicted molar refractivity (Wildman–Crippen MR) is 262 cm³/mol. The van der Waals surface area contributed by atoms with Crippen LogP contribution >= 0.6 is 0 Å². The van der Waals surface area contributed by atoms with Gasteiger partial charge in [0.25, 0.3) is 0 Å². The molecule has 4 amide bonds. The molecule has 65 heavy (non-hydrogen) atoms. The lowest BCUT2D eigenvalue weighted by molar-refractivity contribution is -0.231. The maximum absolute atomic E-state index is 14.1. The SMILES string of the molecule is CCCCCCCC/C=C\CCCCCCCC(=O)N(CCCCCCCCCCCCCCCCCC)[C@@H]1O[C@H](CO)[C@@H](O)[C@H](O)[C@H]1NC(=O)[C@H](C)NC(=O)CNC(=O)OC(C)(C)C. The normalized spacial score (nSPS) is 19.2. The zero-order chi connectivity index (χ0) is 48.1. The fourth-order valence-electron chi connectivity index (χ4n) is 8.35. The van der Waals surface area contributed by atoms with Crippen LogP contribution in [0, 0.1) is 0 Å². The Kier molecular flexibility index (Phi) is 35.5. The molecule has 380 valence electrons. The largest absolute Gasteiger partial charge is 0.444 e. The van der Waals surface area contributed by atoms with Crippen molar-refractivity contribution in [3.05, 3.63) is 12.2 Å². The molecule has 0 bridgehead atoms. The van der Waals surface area contributed by atoms with Gasteiger partial charge in [0, 0.05) is 13.0 Å². The van der Waals surface area contributed by atoms with E-state index in [1.807, 2.05) is 0 Å².